The minimum absolute atomic E-state index is 0.156. The van der Waals surface area contributed by atoms with Crippen LogP contribution in [-0.4, -0.2) is 18.0 Å². The van der Waals surface area contributed by atoms with E-state index in [1.54, 1.807) is 20.8 Å². The summed E-state index contributed by atoms with van der Waals surface area (Å²) < 4.78 is 42.8. The van der Waals surface area contributed by atoms with Gasteiger partial charge in [-0.1, -0.05) is 0 Å². The summed E-state index contributed by atoms with van der Waals surface area (Å²) in [4.78, 5) is 22.1. The zero-order valence-electron chi connectivity index (χ0n) is 11.2. The van der Waals surface area contributed by atoms with E-state index in [0.29, 0.717) is 6.07 Å². The van der Waals surface area contributed by atoms with Crippen molar-refractivity contribution in [3.05, 3.63) is 29.3 Å². The van der Waals surface area contributed by atoms with Gasteiger partial charge in [-0.15, -0.1) is 0 Å². The van der Waals surface area contributed by atoms with Gasteiger partial charge in [-0.2, -0.15) is 13.2 Å². The summed E-state index contributed by atoms with van der Waals surface area (Å²) in [6, 6.07) is 2.57. The fourth-order valence-electron chi connectivity index (χ4n) is 1.38. The Morgan fingerprint density at radius 2 is 1.80 bits per heavy atom. The van der Waals surface area contributed by atoms with Crippen molar-refractivity contribution in [3.63, 3.8) is 0 Å². The van der Waals surface area contributed by atoms with E-state index in [1.165, 1.54) is 0 Å². The molecular formula is C13H14F3NO3. The van der Waals surface area contributed by atoms with Crippen LogP contribution in [0.1, 0.15) is 36.7 Å². The second kappa shape index (κ2) is 5.52. The highest BCUT2D eigenvalue weighted by Gasteiger charge is 2.31. The van der Waals surface area contributed by atoms with Crippen molar-refractivity contribution < 1.29 is 27.5 Å². The number of carbonyl (C=O) groups is 2. The molecule has 4 nitrogen and oxygen atoms in total. The fourth-order valence-corrected chi connectivity index (χ4v) is 1.38. The zero-order chi connectivity index (χ0) is 15.6. The van der Waals surface area contributed by atoms with Gasteiger partial charge >= 0.3 is 12.3 Å². The third-order valence-corrected chi connectivity index (χ3v) is 2.06. The van der Waals surface area contributed by atoms with Crippen LogP contribution in [-0.2, 0) is 10.9 Å². The Labute approximate surface area is 113 Å². The Morgan fingerprint density at radius 3 is 2.25 bits per heavy atom. The van der Waals surface area contributed by atoms with Gasteiger partial charge in [-0.3, -0.25) is 10.1 Å². The molecule has 0 unspecified atom stereocenters. The average Bonchev–Trinajstić information content (AvgIpc) is 2.24. The largest absolute Gasteiger partial charge is 0.444 e. The minimum atomic E-state index is -4.61. The lowest BCUT2D eigenvalue weighted by Gasteiger charge is -2.20. The number of halogens is 3. The molecule has 0 bridgehead atoms. The first kappa shape index (κ1) is 16.0. The SMILES string of the molecule is CC(C)(C)OC(=O)Nc1cc(C=O)cc(C(F)(F)F)c1. The van der Waals surface area contributed by atoms with Gasteiger partial charge in [0.15, 0.2) is 0 Å². The normalized spacial score (nSPS) is 11.9. The number of carbonyl (C=O) groups excluding carboxylic acids is 2. The molecule has 110 valence electrons. The molecule has 0 aliphatic heterocycles. The standard InChI is InChI=1S/C13H14F3NO3/c1-12(2,3)20-11(19)17-10-5-8(7-18)4-9(6-10)13(14,15)16/h4-7H,1-3H3,(H,17,19). The Kier molecular flexibility index (Phi) is 4.42. The summed E-state index contributed by atoms with van der Waals surface area (Å²) >= 11 is 0. The summed E-state index contributed by atoms with van der Waals surface area (Å²) in [6.45, 7) is 4.86. The van der Waals surface area contributed by atoms with Gasteiger partial charge in [-0.25, -0.2) is 4.79 Å². The van der Waals surface area contributed by atoms with E-state index >= 15 is 0 Å². The number of hydrogen-bond acceptors (Lipinski definition) is 3. The maximum atomic E-state index is 12.6. The van der Waals surface area contributed by atoms with Gasteiger partial charge in [0.2, 0.25) is 0 Å². The molecule has 1 aromatic carbocycles. The van der Waals surface area contributed by atoms with E-state index in [9.17, 15) is 22.8 Å². The van der Waals surface area contributed by atoms with E-state index in [0.717, 1.165) is 12.1 Å². The Hall–Kier alpha value is -2.05. The number of amides is 1. The van der Waals surface area contributed by atoms with Crippen molar-refractivity contribution in [2.45, 2.75) is 32.5 Å². The average molecular weight is 289 g/mol. The minimum Gasteiger partial charge on any atom is -0.444 e. The summed E-state index contributed by atoms with van der Waals surface area (Å²) in [5.74, 6) is 0. The molecule has 0 radical (unpaired) electrons. The maximum Gasteiger partial charge on any atom is 0.416 e. The van der Waals surface area contributed by atoms with Crippen molar-refractivity contribution in [1.29, 1.82) is 0 Å². The first-order chi connectivity index (χ1) is 9.01. The molecule has 0 atom stereocenters. The van der Waals surface area contributed by atoms with Crippen LogP contribution in [0.5, 0.6) is 0 Å². The molecule has 0 aliphatic rings. The number of anilines is 1. The summed E-state index contributed by atoms with van der Waals surface area (Å²) in [6.07, 6.45) is -5.23. The second-order valence-corrected chi connectivity index (χ2v) is 5.09. The molecular weight excluding hydrogens is 275 g/mol. The van der Waals surface area contributed by atoms with Gasteiger partial charge in [0.1, 0.15) is 11.9 Å². The van der Waals surface area contributed by atoms with Gasteiger partial charge in [0.05, 0.1) is 5.56 Å². The van der Waals surface area contributed by atoms with Crippen molar-refractivity contribution in [1.82, 2.24) is 0 Å². The Bertz CT molecular complexity index is 519. The maximum absolute atomic E-state index is 12.6. The monoisotopic (exact) mass is 289 g/mol. The first-order valence-corrected chi connectivity index (χ1v) is 5.69. The lowest BCUT2D eigenvalue weighted by atomic mass is 10.1. The lowest BCUT2D eigenvalue weighted by molar-refractivity contribution is -0.137. The molecule has 1 amide bonds. The molecule has 0 saturated heterocycles. The first-order valence-electron chi connectivity index (χ1n) is 5.69. The van der Waals surface area contributed by atoms with Gasteiger partial charge in [0, 0.05) is 11.3 Å². The third kappa shape index (κ3) is 4.91. The number of rotatable bonds is 2. The van der Waals surface area contributed by atoms with E-state index in [-0.39, 0.29) is 17.5 Å². The van der Waals surface area contributed by atoms with Crippen LogP contribution in [0.4, 0.5) is 23.7 Å². The third-order valence-electron chi connectivity index (χ3n) is 2.06. The van der Waals surface area contributed by atoms with Crippen LogP contribution in [0.25, 0.3) is 0 Å². The van der Waals surface area contributed by atoms with Crippen LogP contribution in [0.15, 0.2) is 18.2 Å². The summed E-state index contributed by atoms with van der Waals surface area (Å²) in [5, 5.41) is 2.17. The quantitative estimate of drug-likeness (QED) is 0.841. The van der Waals surface area contributed by atoms with Crippen molar-refractivity contribution in [2.24, 2.45) is 0 Å². The van der Waals surface area contributed by atoms with Gasteiger partial charge in [-0.05, 0) is 39.0 Å². The number of nitrogens with one attached hydrogen (secondary N) is 1. The molecule has 0 fully saturated rings. The number of alkyl halides is 3. The van der Waals surface area contributed by atoms with Gasteiger partial charge in [0.25, 0.3) is 0 Å². The van der Waals surface area contributed by atoms with E-state index in [4.69, 9.17) is 4.74 Å². The number of hydrogen-bond donors (Lipinski definition) is 1. The summed E-state index contributed by atoms with van der Waals surface area (Å²) in [7, 11) is 0. The van der Waals surface area contributed by atoms with Crippen molar-refractivity contribution in [3.8, 4) is 0 Å². The number of aldehydes is 1. The number of ether oxygens (including phenoxy) is 1. The zero-order valence-corrected chi connectivity index (χ0v) is 11.2. The molecule has 7 heteroatoms. The van der Waals surface area contributed by atoms with Crippen molar-refractivity contribution >= 4 is 18.1 Å². The van der Waals surface area contributed by atoms with E-state index in [2.05, 4.69) is 5.32 Å². The van der Waals surface area contributed by atoms with Crippen LogP contribution >= 0.6 is 0 Å². The van der Waals surface area contributed by atoms with Crippen LogP contribution in [0, 0.1) is 0 Å². The topological polar surface area (TPSA) is 55.4 Å². The van der Waals surface area contributed by atoms with E-state index in [1.807, 2.05) is 0 Å². The highest BCUT2D eigenvalue weighted by atomic mass is 19.4. The summed E-state index contributed by atoms with van der Waals surface area (Å²) in [5.41, 5.74) is -2.14. The van der Waals surface area contributed by atoms with Crippen molar-refractivity contribution in [2.75, 3.05) is 5.32 Å². The molecule has 1 N–H and O–H groups in total. The fraction of sp³-hybridized carbons (Fsp3) is 0.385. The van der Waals surface area contributed by atoms with Crippen LogP contribution < -0.4 is 5.32 Å². The predicted molar refractivity (Wildman–Crippen MR) is 66.7 cm³/mol. The van der Waals surface area contributed by atoms with E-state index < -0.39 is 23.4 Å². The highest BCUT2D eigenvalue weighted by Crippen LogP contribution is 2.31. The molecule has 20 heavy (non-hydrogen) atoms. The second-order valence-electron chi connectivity index (χ2n) is 5.09. The molecule has 1 rings (SSSR count). The Morgan fingerprint density at radius 1 is 1.20 bits per heavy atom. The highest BCUT2D eigenvalue weighted by molar-refractivity contribution is 5.87. The smallest absolute Gasteiger partial charge is 0.416 e. The molecule has 0 saturated carbocycles. The number of benzene rings is 1. The molecule has 0 aliphatic carbocycles. The molecule has 0 aromatic heterocycles. The van der Waals surface area contributed by atoms with Gasteiger partial charge < -0.3 is 4.74 Å². The van der Waals surface area contributed by atoms with Crippen LogP contribution in [0.3, 0.4) is 0 Å². The molecule has 0 spiro atoms. The molecule has 0 heterocycles. The predicted octanol–water partition coefficient (Wildman–Crippen LogP) is 3.86. The Balaban J connectivity index is 3.01. The lowest BCUT2D eigenvalue weighted by Crippen LogP contribution is -2.27. The van der Waals surface area contributed by atoms with Crippen LogP contribution in [0.2, 0.25) is 0 Å². The molecule has 1 aromatic rings.